The molecule has 0 aliphatic carbocycles. The van der Waals surface area contributed by atoms with E-state index in [4.69, 9.17) is 9.47 Å². The molecule has 1 aliphatic heterocycles. The first-order chi connectivity index (χ1) is 15.8. The van der Waals surface area contributed by atoms with Crippen molar-refractivity contribution in [2.45, 2.75) is 24.7 Å². The van der Waals surface area contributed by atoms with Gasteiger partial charge in [-0.3, -0.25) is 4.79 Å². The molecule has 1 saturated heterocycles. The van der Waals surface area contributed by atoms with E-state index in [0.29, 0.717) is 37.6 Å². The maximum Gasteiger partial charge on any atom is 0.246 e. The van der Waals surface area contributed by atoms with Gasteiger partial charge in [-0.25, -0.2) is 12.8 Å². The largest absolute Gasteiger partial charge is 0.493 e. The van der Waals surface area contributed by atoms with E-state index in [1.165, 1.54) is 22.5 Å². The van der Waals surface area contributed by atoms with E-state index in [2.05, 4.69) is 0 Å². The van der Waals surface area contributed by atoms with Crippen LogP contribution in [0.15, 0.2) is 53.4 Å². The summed E-state index contributed by atoms with van der Waals surface area (Å²) in [6.45, 7) is 3.81. The third-order valence-electron chi connectivity index (χ3n) is 5.29. The summed E-state index contributed by atoms with van der Waals surface area (Å²) in [6, 6.07) is 10.2. The fraction of sp³-hybridized carbons (Fsp3) is 0.375. The van der Waals surface area contributed by atoms with Gasteiger partial charge in [0.05, 0.1) is 18.6 Å². The van der Waals surface area contributed by atoms with Crippen molar-refractivity contribution in [3.63, 3.8) is 0 Å². The molecule has 0 spiro atoms. The minimum Gasteiger partial charge on any atom is -0.493 e. The molecular weight excluding hydrogens is 447 g/mol. The highest BCUT2D eigenvalue weighted by Gasteiger charge is 2.27. The first-order valence-corrected chi connectivity index (χ1v) is 12.3. The predicted molar refractivity (Wildman–Crippen MR) is 124 cm³/mol. The number of methoxy groups -OCH3 is 1. The van der Waals surface area contributed by atoms with E-state index in [1.54, 1.807) is 24.2 Å². The SMILES string of the molecule is CCCOc1ccc(/C=C/C(=O)N2CCCN(S(=O)(=O)c3ccc(F)cc3)CC2)cc1OC. The maximum absolute atomic E-state index is 13.2. The number of benzene rings is 2. The molecule has 0 N–H and O–H groups in total. The zero-order chi connectivity index (χ0) is 23.8. The molecule has 178 valence electrons. The summed E-state index contributed by atoms with van der Waals surface area (Å²) in [4.78, 5) is 14.4. The molecule has 0 saturated carbocycles. The molecule has 7 nitrogen and oxygen atoms in total. The lowest BCUT2D eigenvalue weighted by molar-refractivity contribution is -0.125. The van der Waals surface area contributed by atoms with Crippen molar-refractivity contribution >= 4 is 22.0 Å². The number of rotatable bonds is 8. The number of carbonyl (C=O) groups excluding carboxylic acids is 1. The van der Waals surface area contributed by atoms with Crippen LogP contribution < -0.4 is 9.47 Å². The van der Waals surface area contributed by atoms with E-state index >= 15 is 0 Å². The standard InChI is InChI=1S/C24H29FN2O5S/c1-3-17-32-22-11-5-19(18-23(22)31-2)6-12-24(28)26-13-4-14-27(16-15-26)33(29,30)21-9-7-20(25)8-10-21/h5-12,18H,3-4,13-17H2,1-2H3/b12-6+. The summed E-state index contributed by atoms with van der Waals surface area (Å²) in [5.41, 5.74) is 0.791. The molecule has 0 bridgehead atoms. The van der Waals surface area contributed by atoms with Gasteiger partial charge in [0.15, 0.2) is 11.5 Å². The number of nitrogens with zero attached hydrogens (tertiary/aromatic N) is 2. The van der Waals surface area contributed by atoms with Crippen molar-refractivity contribution in [3.8, 4) is 11.5 Å². The number of amides is 1. The Hall–Kier alpha value is -2.91. The zero-order valence-electron chi connectivity index (χ0n) is 18.9. The fourth-order valence-electron chi connectivity index (χ4n) is 3.50. The molecule has 0 atom stereocenters. The Morgan fingerprint density at radius 1 is 1.06 bits per heavy atom. The molecule has 9 heteroatoms. The van der Waals surface area contributed by atoms with E-state index < -0.39 is 15.8 Å². The van der Waals surface area contributed by atoms with Crippen LogP contribution in [0.25, 0.3) is 6.08 Å². The summed E-state index contributed by atoms with van der Waals surface area (Å²) >= 11 is 0. The van der Waals surface area contributed by atoms with Crippen LogP contribution >= 0.6 is 0 Å². The molecule has 1 aliphatic rings. The number of halogens is 1. The van der Waals surface area contributed by atoms with Gasteiger partial charge in [0, 0.05) is 32.3 Å². The zero-order valence-corrected chi connectivity index (χ0v) is 19.7. The Bertz CT molecular complexity index is 1090. The van der Waals surface area contributed by atoms with Crippen LogP contribution in [-0.2, 0) is 14.8 Å². The van der Waals surface area contributed by atoms with E-state index in [-0.39, 0.29) is 23.9 Å². The molecular formula is C24H29FN2O5S. The van der Waals surface area contributed by atoms with Crippen LogP contribution in [0.5, 0.6) is 11.5 Å². The number of carbonyl (C=O) groups is 1. The number of hydrogen-bond acceptors (Lipinski definition) is 5. The van der Waals surface area contributed by atoms with Gasteiger partial charge in [0.1, 0.15) is 5.82 Å². The minimum absolute atomic E-state index is 0.0453. The summed E-state index contributed by atoms with van der Waals surface area (Å²) in [6.07, 6.45) is 4.58. The molecule has 2 aromatic carbocycles. The number of sulfonamides is 1. The normalized spacial score (nSPS) is 15.4. The van der Waals surface area contributed by atoms with Gasteiger partial charge in [-0.15, -0.1) is 0 Å². The maximum atomic E-state index is 13.2. The summed E-state index contributed by atoms with van der Waals surface area (Å²) < 4.78 is 51.2. The summed E-state index contributed by atoms with van der Waals surface area (Å²) in [5.74, 6) is 0.558. The Morgan fingerprint density at radius 2 is 1.82 bits per heavy atom. The highest BCUT2D eigenvalue weighted by molar-refractivity contribution is 7.89. The van der Waals surface area contributed by atoms with Crippen LogP contribution in [0.4, 0.5) is 4.39 Å². The lowest BCUT2D eigenvalue weighted by Crippen LogP contribution is -2.36. The summed E-state index contributed by atoms with van der Waals surface area (Å²) in [5, 5.41) is 0. The van der Waals surface area contributed by atoms with Gasteiger partial charge in [-0.2, -0.15) is 4.31 Å². The average molecular weight is 477 g/mol. The highest BCUT2D eigenvalue weighted by atomic mass is 32.2. The Labute approximate surface area is 194 Å². The monoisotopic (exact) mass is 476 g/mol. The third kappa shape index (κ3) is 6.33. The Kier molecular flexibility index (Phi) is 8.46. The lowest BCUT2D eigenvalue weighted by Gasteiger charge is -2.21. The smallest absolute Gasteiger partial charge is 0.246 e. The fourth-order valence-corrected chi connectivity index (χ4v) is 4.97. The van der Waals surface area contributed by atoms with Crippen molar-refractivity contribution in [3.05, 3.63) is 59.9 Å². The van der Waals surface area contributed by atoms with Gasteiger partial charge < -0.3 is 14.4 Å². The predicted octanol–water partition coefficient (Wildman–Crippen LogP) is 3.56. The van der Waals surface area contributed by atoms with E-state index in [9.17, 15) is 17.6 Å². The minimum atomic E-state index is -3.74. The van der Waals surface area contributed by atoms with Gasteiger partial charge in [-0.05, 0) is 60.9 Å². The van der Waals surface area contributed by atoms with Crippen LogP contribution in [0.2, 0.25) is 0 Å². The van der Waals surface area contributed by atoms with Gasteiger partial charge in [0.2, 0.25) is 15.9 Å². The Morgan fingerprint density at radius 3 is 2.52 bits per heavy atom. The first-order valence-electron chi connectivity index (χ1n) is 10.9. The molecule has 1 amide bonds. The molecule has 0 aromatic heterocycles. The average Bonchev–Trinajstić information content (AvgIpc) is 3.09. The van der Waals surface area contributed by atoms with Gasteiger partial charge in [0.25, 0.3) is 0 Å². The molecule has 3 rings (SSSR count). The molecule has 2 aromatic rings. The quantitative estimate of drug-likeness (QED) is 0.545. The lowest BCUT2D eigenvalue weighted by atomic mass is 10.2. The second kappa shape index (κ2) is 11.3. The molecule has 1 fully saturated rings. The second-order valence-corrected chi connectivity index (χ2v) is 9.57. The van der Waals surface area contributed by atoms with E-state index in [0.717, 1.165) is 24.1 Å². The van der Waals surface area contributed by atoms with Crippen LogP contribution in [0.1, 0.15) is 25.3 Å². The van der Waals surface area contributed by atoms with Crippen LogP contribution in [0.3, 0.4) is 0 Å². The highest BCUT2D eigenvalue weighted by Crippen LogP contribution is 2.28. The van der Waals surface area contributed by atoms with Crippen LogP contribution in [-0.4, -0.2) is 63.4 Å². The van der Waals surface area contributed by atoms with Crippen molar-refractivity contribution in [1.82, 2.24) is 9.21 Å². The molecule has 1 heterocycles. The Balaban J connectivity index is 1.63. The second-order valence-electron chi connectivity index (χ2n) is 7.63. The first kappa shape index (κ1) is 24.7. The molecule has 33 heavy (non-hydrogen) atoms. The number of ether oxygens (including phenoxy) is 2. The van der Waals surface area contributed by atoms with Crippen molar-refractivity contribution < 1.29 is 27.1 Å². The number of hydrogen-bond donors (Lipinski definition) is 0. The van der Waals surface area contributed by atoms with Crippen molar-refractivity contribution in [1.29, 1.82) is 0 Å². The van der Waals surface area contributed by atoms with Crippen LogP contribution in [0, 0.1) is 5.82 Å². The topological polar surface area (TPSA) is 76.2 Å². The molecule has 0 radical (unpaired) electrons. The van der Waals surface area contributed by atoms with Gasteiger partial charge >= 0.3 is 0 Å². The van der Waals surface area contributed by atoms with Crippen molar-refractivity contribution in [2.75, 3.05) is 39.9 Å². The summed E-state index contributed by atoms with van der Waals surface area (Å²) in [7, 11) is -2.17. The molecule has 0 unspecified atom stereocenters. The van der Waals surface area contributed by atoms with Gasteiger partial charge in [-0.1, -0.05) is 13.0 Å². The van der Waals surface area contributed by atoms with Crippen molar-refractivity contribution in [2.24, 2.45) is 0 Å². The third-order valence-corrected chi connectivity index (χ3v) is 7.20. The van der Waals surface area contributed by atoms with E-state index in [1.807, 2.05) is 19.1 Å².